The van der Waals surface area contributed by atoms with Gasteiger partial charge in [-0.25, -0.2) is 4.79 Å². The summed E-state index contributed by atoms with van der Waals surface area (Å²) in [4.78, 5) is 16.3. The molecule has 0 aliphatic rings. The van der Waals surface area contributed by atoms with Crippen LogP contribution in [0, 0.1) is 0 Å². The largest absolute Gasteiger partial charge is 0.491 e. The molecule has 0 bridgehead atoms. The van der Waals surface area contributed by atoms with Gasteiger partial charge < -0.3 is 20.1 Å². The number of ether oxygens (including phenoxy) is 2. The highest BCUT2D eigenvalue weighted by atomic mass is 16.5. The molecule has 0 radical (unpaired) electrons. The third kappa shape index (κ3) is 5.34. The van der Waals surface area contributed by atoms with Crippen molar-refractivity contribution in [2.24, 2.45) is 0 Å². The fraction of sp³-hybridized carbons (Fsp3) is 0.238. The lowest BCUT2D eigenvalue weighted by atomic mass is 10.2. The van der Waals surface area contributed by atoms with E-state index in [0.29, 0.717) is 24.6 Å². The molecular formula is C21H23N3O3. The van der Waals surface area contributed by atoms with E-state index in [2.05, 4.69) is 15.6 Å². The number of pyridine rings is 1. The normalized spacial score (nSPS) is 10.6. The van der Waals surface area contributed by atoms with Gasteiger partial charge in [0, 0.05) is 17.3 Å². The highest BCUT2D eigenvalue weighted by Gasteiger charge is 2.05. The Bertz CT molecular complexity index is 889. The van der Waals surface area contributed by atoms with Gasteiger partial charge in [0.1, 0.15) is 23.6 Å². The molecule has 0 aliphatic carbocycles. The van der Waals surface area contributed by atoms with Crippen LogP contribution in [0.2, 0.25) is 0 Å². The molecule has 6 heteroatoms. The molecule has 2 amide bonds. The number of nitrogens with one attached hydrogen (secondary N) is 2. The van der Waals surface area contributed by atoms with Crippen LogP contribution in [0.15, 0.2) is 60.8 Å². The number of carbonyl (C=O) groups is 1. The zero-order valence-electron chi connectivity index (χ0n) is 15.4. The van der Waals surface area contributed by atoms with Gasteiger partial charge in [0.05, 0.1) is 12.6 Å². The molecule has 6 nitrogen and oxygen atoms in total. The van der Waals surface area contributed by atoms with Gasteiger partial charge in [-0.05, 0) is 50.2 Å². The number of urea groups is 1. The molecule has 0 saturated heterocycles. The van der Waals surface area contributed by atoms with Crippen molar-refractivity contribution in [1.29, 1.82) is 0 Å². The number of amides is 2. The van der Waals surface area contributed by atoms with E-state index >= 15 is 0 Å². The van der Waals surface area contributed by atoms with Crippen molar-refractivity contribution in [2.75, 3.05) is 18.5 Å². The summed E-state index contributed by atoms with van der Waals surface area (Å²) in [5.41, 5.74) is 1.51. The number of anilines is 1. The summed E-state index contributed by atoms with van der Waals surface area (Å²) in [5.74, 6) is 1.48. The van der Waals surface area contributed by atoms with E-state index in [0.717, 1.165) is 16.7 Å². The molecule has 0 saturated carbocycles. The molecule has 0 atom stereocenters. The van der Waals surface area contributed by atoms with Crippen LogP contribution >= 0.6 is 0 Å². The van der Waals surface area contributed by atoms with Crippen LogP contribution in [0.5, 0.6) is 11.5 Å². The third-order valence-electron chi connectivity index (χ3n) is 3.72. The first kappa shape index (κ1) is 18.5. The van der Waals surface area contributed by atoms with Crippen LogP contribution in [0.3, 0.4) is 0 Å². The average Bonchev–Trinajstić information content (AvgIpc) is 2.66. The molecule has 0 unspecified atom stereocenters. The molecule has 1 heterocycles. The van der Waals surface area contributed by atoms with Gasteiger partial charge in [-0.2, -0.15) is 0 Å². The Labute approximate surface area is 158 Å². The quantitative estimate of drug-likeness (QED) is 0.615. The Morgan fingerprint density at radius 2 is 1.85 bits per heavy atom. The second-order valence-electron chi connectivity index (χ2n) is 6.25. The fourth-order valence-corrected chi connectivity index (χ4v) is 2.58. The lowest BCUT2D eigenvalue weighted by Crippen LogP contribution is -2.32. The third-order valence-corrected chi connectivity index (χ3v) is 3.72. The van der Waals surface area contributed by atoms with Crippen LogP contribution in [-0.2, 0) is 0 Å². The van der Waals surface area contributed by atoms with Gasteiger partial charge in [0.2, 0.25) is 0 Å². The smallest absolute Gasteiger partial charge is 0.319 e. The second-order valence-corrected chi connectivity index (χ2v) is 6.25. The molecule has 3 rings (SSSR count). The lowest BCUT2D eigenvalue weighted by molar-refractivity contribution is 0.242. The fourth-order valence-electron chi connectivity index (χ4n) is 2.58. The Hall–Kier alpha value is -3.28. The maximum absolute atomic E-state index is 12.0. The maximum atomic E-state index is 12.0. The number of aromatic nitrogens is 1. The molecule has 27 heavy (non-hydrogen) atoms. The number of hydrogen-bond acceptors (Lipinski definition) is 4. The van der Waals surface area contributed by atoms with E-state index in [1.54, 1.807) is 18.3 Å². The van der Waals surface area contributed by atoms with Crippen LogP contribution in [-0.4, -0.2) is 30.3 Å². The topological polar surface area (TPSA) is 72.5 Å². The summed E-state index contributed by atoms with van der Waals surface area (Å²) in [7, 11) is 0. The molecule has 140 valence electrons. The van der Waals surface area contributed by atoms with Crippen LogP contribution < -0.4 is 20.1 Å². The number of nitrogens with zero attached hydrogens (tertiary/aromatic N) is 1. The summed E-state index contributed by atoms with van der Waals surface area (Å²) in [6.45, 7) is 4.67. The Morgan fingerprint density at radius 3 is 2.63 bits per heavy atom. The van der Waals surface area contributed by atoms with Crippen molar-refractivity contribution >= 4 is 22.6 Å². The summed E-state index contributed by atoms with van der Waals surface area (Å²) in [5, 5.41) is 6.57. The number of fused-ring (bicyclic) bond motifs is 1. The SMILES string of the molecule is CC(C)Oc1ccc(NC(=O)NCCOc2cccc3cccnc23)cc1. The minimum Gasteiger partial charge on any atom is -0.491 e. The maximum Gasteiger partial charge on any atom is 0.319 e. The van der Waals surface area contributed by atoms with Crippen molar-refractivity contribution in [3.8, 4) is 11.5 Å². The number of para-hydroxylation sites is 1. The van der Waals surface area contributed by atoms with E-state index in [1.165, 1.54) is 0 Å². The van der Waals surface area contributed by atoms with Gasteiger partial charge in [-0.1, -0.05) is 18.2 Å². The van der Waals surface area contributed by atoms with E-state index in [4.69, 9.17) is 9.47 Å². The van der Waals surface area contributed by atoms with E-state index in [9.17, 15) is 4.79 Å². The lowest BCUT2D eigenvalue weighted by Gasteiger charge is -2.12. The van der Waals surface area contributed by atoms with Crippen LogP contribution in [0.4, 0.5) is 10.5 Å². The number of carbonyl (C=O) groups excluding carboxylic acids is 1. The first-order chi connectivity index (χ1) is 13.1. The average molecular weight is 365 g/mol. The van der Waals surface area contributed by atoms with Gasteiger partial charge in [-0.3, -0.25) is 4.98 Å². The van der Waals surface area contributed by atoms with E-state index in [1.807, 2.05) is 56.3 Å². The Morgan fingerprint density at radius 1 is 1.07 bits per heavy atom. The van der Waals surface area contributed by atoms with Gasteiger partial charge >= 0.3 is 6.03 Å². The summed E-state index contributed by atoms with van der Waals surface area (Å²) in [6, 6.07) is 16.6. The first-order valence-electron chi connectivity index (χ1n) is 8.90. The van der Waals surface area contributed by atoms with Crippen LogP contribution in [0.25, 0.3) is 10.9 Å². The molecule has 0 spiro atoms. The monoisotopic (exact) mass is 365 g/mol. The minimum absolute atomic E-state index is 0.115. The second kappa shape index (κ2) is 8.89. The standard InChI is InChI=1S/C21H23N3O3/c1-15(2)27-18-10-8-17(9-11-18)24-21(25)23-13-14-26-19-7-3-5-16-6-4-12-22-20(16)19/h3-12,15H,13-14H2,1-2H3,(H2,23,24,25). The van der Waals surface area contributed by atoms with Crippen molar-refractivity contribution in [1.82, 2.24) is 10.3 Å². The molecule has 2 aromatic carbocycles. The van der Waals surface area contributed by atoms with E-state index < -0.39 is 0 Å². The predicted octanol–water partition coefficient (Wildman–Crippen LogP) is 4.22. The molecule has 1 aromatic heterocycles. The van der Waals surface area contributed by atoms with Crippen molar-refractivity contribution in [3.63, 3.8) is 0 Å². The van der Waals surface area contributed by atoms with Crippen molar-refractivity contribution in [2.45, 2.75) is 20.0 Å². The van der Waals surface area contributed by atoms with Gasteiger partial charge in [0.15, 0.2) is 0 Å². The first-order valence-corrected chi connectivity index (χ1v) is 8.90. The highest BCUT2D eigenvalue weighted by molar-refractivity contribution is 5.89. The van der Waals surface area contributed by atoms with Crippen LogP contribution in [0.1, 0.15) is 13.8 Å². The Kier molecular flexibility index (Phi) is 6.10. The van der Waals surface area contributed by atoms with Crippen molar-refractivity contribution < 1.29 is 14.3 Å². The molecule has 0 fully saturated rings. The van der Waals surface area contributed by atoms with Gasteiger partial charge in [-0.15, -0.1) is 0 Å². The highest BCUT2D eigenvalue weighted by Crippen LogP contribution is 2.22. The summed E-state index contributed by atoms with van der Waals surface area (Å²) >= 11 is 0. The zero-order chi connectivity index (χ0) is 19.1. The number of rotatable bonds is 7. The van der Waals surface area contributed by atoms with Crippen molar-refractivity contribution in [3.05, 3.63) is 60.8 Å². The molecule has 0 aliphatic heterocycles. The molecule has 3 aromatic rings. The number of benzene rings is 2. The Balaban J connectivity index is 1.44. The molecular weight excluding hydrogens is 342 g/mol. The van der Waals surface area contributed by atoms with Gasteiger partial charge in [0.25, 0.3) is 0 Å². The minimum atomic E-state index is -0.285. The number of hydrogen-bond donors (Lipinski definition) is 2. The summed E-state index contributed by atoms with van der Waals surface area (Å²) in [6.07, 6.45) is 1.85. The predicted molar refractivity (Wildman–Crippen MR) is 106 cm³/mol. The summed E-state index contributed by atoms with van der Waals surface area (Å²) < 4.78 is 11.3. The molecule has 2 N–H and O–H groups in total. The van der Waals surface area contributed by atoms with E-state index in [-0.39, 0.29) is 12.1 Å². The zero-order valence-corrected chi connectivity index (χ0v) is 15.4.